The molecule has 0 amide bonds. The molecule has 0 saturated carbocycles. The summed E-state index contributed by atoms with van der Waals surface area (Å²) in [5.41, 5.74) is 2.23. The minimum absolute atomic E-state index is 0.280. The Kier molecular flexibility index (Phi) is 3.44. The molecule has 0 spiro atoms. The van der Waals surface area contributed by atoms with E-state index in [0.29, 0.717) is 12.5 Å². The van der Waals surface area contributed by atoms with Crippen LogP contribution in [0.1, 0.15) is 5.69 Å². The lowest BCUT2D eigenvalue weighted by molar-refractivity contribution is 0.0998. The van der Waals surface area contributed by atoms with E-state index in [1.807, 2.05) is 19.2 Å². The summed E-state index contributed by atoms with van der Waals surface area (Å²) in [6.45, 7) is 4.39. The van der Waals surface area contributed by atoms with Crippen LogP contribution in [-0.2, 0) is 4.74 Å². The van der Waals surface area contributed by atoms with Crippen molar-refractivity contribution < 1.29 is 4.74 Å². The summed E-state index contributed by atoms with van der Waals surface area (Å²) >= 11 is 5.93. The topological polar surface area (TPSA) is 25.4 Å². The number of halogens is 1. The Labute approximate surface area is 95.0 Å². The van der Waals surface area contributed by atoms with E-state index in [-0.39, 0.29) is 6.04 Å². The van der Waals surface area contributed by atoms with Crippen LogP contribution in [0.5, 0.6) is 0 Å². The first-order valence-electron chi connectivity index (χ1n) is 5.14. The van der Waals surface area contributed by atoms with Crippen LogP contribution in [-0.4, -0.2) is 36.7 Å². The summed E-state index contributed by atoms with van der Waals surface area (Å²) in [5, 5.41) is 0. The summed E-state index contributed by atoms with van der Waals surface area (Å²) < 4.78 is 5.41. The predicted octanol–water partition coefficient (Wildman–Crippen LogP) is 1.83. The van der Waals surface area contributed by atoms with Gasteiger partial charge in [-0.3, -0.25) is 4.98 Å². The maximum atomic E-state index is 5.93. The van der Waals surface area contributed by atoms with Crippen molar-refractivity contribution in [3.8, 4) is 0 Å². The van der Waals surface area contributed by atoms with Crippen LogP contribution in [0, 0.1) is 6.92 Å². The van der Waals surface area contributed by atoms with E-state index in [0.717, 1.165) is 18.8 Å². The molecule has 15 heavy (non-hydrogen) atoms. The third-order valence-electron chi connectivity index (χ3n) is 2.62. The lowest BCUT2D eigenvalue weighted by Crippen LogP contribution is -2.46. The molecule has 1 aromatic rings. The molecular formula is C11H15ClN2O. The number of nitrogens with zero attached hydrogens (tertiary/aromatic N) is 2. The second kappa shape index (κ2) is 4.81. The summed E-state index contributed by atoms with van der Waals surface area (Å²) in [5.74, 6) is 0.599. The monoisotopic (exact) mass is 226 g/mol. The second-order valence-electron chi connectivity index (χ2n) is 3.73. The number of ether oxygens (including phenoxy) is 1. The van der Waals surface area contributed by atoms with Crippen molar-refractivity contribution in [1.82, 2.24) is 4.98 Å². The Hall–Kier alpha value is -0.800. The van der Waals surface area contributed by atoms with Gasteiger partial charge >= 0.3 is 0 Å². The zero-order valence-electron chi connectivity index (χ0n) is 8.82. The van der Waals surface area contributed by atoms with Crippen molar-refractivity contribution in [1.29, 1.82) is 0 Å². The molecule has 1 aliphatic rings. The fourth-order valence-electron chi connectivity index (χ4n) is 1.83. The molecule has 3 nitrogen and oxygen atoms in total. The molecule has 0 N–H and O–H groups in total. The van der Waals surface area contributed by atoms with Crippen LogP contribution in [0.4, 0.5) is 5.69 Å². The Balaban J connectivity index is 2.20. The van der Waals surface area contributed by atoms with Crippen molar-refractivity contribution in [3.63, 3.8) is 0 Å². The number of alkyl halides is 1. The van der Waals surface area contributed by atoms with E-state index >= 15 is 0 Å². The van der Waals surface area contributed by atoms with E-state index in [4.69, 9.17) is 16.3 Å². The zero-order chi connectivity index (χ0) is 10.7. The van der Waals surface area contributed by atoms with Gasteiger partial charge in [-0.2, -0.15) is 0 Å². The molecule has 1 aromatic heterocycles. The first-order chi connectivity index (χ1) is 7.31. The van der Waals surface area contributed by atoms with E-state index < -0.39 is 0 Å². The van der Waals surface area contributed by atoms with Gasteiger partial charge < -0.3 is 9.64 Å². The quantitative estimate of drug-likeness (QED) is 0.720. The van der Waals surface area contributed by atoms with Gasteiger partial charge in [-0.25, -0.2) is 0 Å². The number of pyridine rings is 1. The molecule has 2 rings (SSSR count). The molecule has 1 atom stereocenters. The van der Waals surface area contributed by atoms with Crippen LogP contribution in [0.25, 0.3) is 0 Å². The summed E-state index contributed by atoms with van der Waals surface area (Å²) in [6, 6.07) is 4.39. The standard InChI is InChI=1S/C11H15ClN2O/c1-9-6-10(2-3-13-9)14-4-5-15-8-11(14)7-12/h2-3,6,11H,4-5,7-8H2,1H3. The highest BCUT2D eigenvalue weighted by Crippen LogP contribution is 2.20. The van der Waals surface area contributed by atoms with Crippen molar-refractivity contribution in [3.05, 3.63) is 24.0 Å². The molecule has 82 valence electrons. The van der Waals surface area contributed by atoms with Gasteiger partial charge in [0.15, 0.2) is 0 Å². The predicted molar refractivity (Wildman–Crippen MR) is 61.6 cm³/mol. The van der Waals surface area contributed by atoms with E-state index in [1.54, 1.807) is 0 Å². The summed E-state index contributed by atoms with van der Waals surface area (Å²) in [6.07, 6.45) is 1.84. The van der Waals surface area contributed by atoms with E-state index in [9.17, 15) is 0 Å². The molecule has 0 aromatic carbocycles. The van der Waals surface area contributed by atoms with E-state index in [2.05, 4.69) is 16.0 Å². The van der Waals surface area contributed by atoms with Crippen molar-refractivity contribution in [2.24, 2.45) is 0 Å². The molecule has 1 aliphatic heterocycles. The Morgan fingerprint density at radius 1 is 1.67 bits per heavy atom. The van der Waals surface area contributed by atoms with E-state index in [1.165, 1.54) is 5.69 Å². The van der Waals surface area contributed by atoms with Gasteiger partial charge in [0, 0.05) is 30.0 Å². The van der Waals surface area contributed by atoms with Crippen molar-refractivity contribution >= 4 is 17.3 Å². The third-order valence-corrected chi connectivity index (χ3v) is 2.97. The fourth-order valence-corrected chi connectivity index (χ4v) is 2.09. The van der Waals surface area contributed by atoms with Crippen LogP contribution in [0.3, 0.4) is 0 Å². The molecule has 0 bridgehead atoms. The van der Waals surface area contributed by atoms with Gasteiger partial charge in [0.25, 0.3) is 0 Å². The van der Waals surface area contributed by atoms with Gasteiger partial charge in [-0.05, 0) is 19.1 Å². The van der Waals surface area contributed by atoms with Crippen LogP contribution < -0.4 is 4.90 Å². The lowest BCUT2D eigenvalue weighted by atomic mass is 10.2. The van der Waals surface area contributed by atoms with Gasteiger partial charge in [0.05, 0.1) is 19.3 Å². The van der Waals surface area contributed by atoms with Gasteiger partial charge in [0.2, 0.25) is 0 Å². The Bertz CT molecular complexity index is 332. The highest BCUT2D eigenvalue weighted by Gasteiger charge is 2.22. The molecule has 0 aliphatic carbocycles. The molecule has 0 radical (unpaired) electrons. The smallest absolute Gasteiger partial charge is 0.0682 e. The number of morpholine rings is 1. The Morgan fingerprint density at radius 2 is 2.53 bits per heavy atom. The molecule has 2 heterocycles. The number of hydrogen-bond donors (Lipinski definition) is 0. The number of aromatic nitrogens is 1. The number of anilines is 1. The minimum Gasteiger partial charge on any atom is -0.377 e. The molecule has 4 heteroatoms. The zero-order valence-corrected chi connectivity index (χ0v) is 9.57. The van der Waals surface area contributed by atoms with Gasteiger partial charge in [0.1, 0.15) is 0 Å². The maximum Gasteiger partial charge on any atom is 0.0682 e. The molecule has 1 saturated heterocycles. The lowest BCUT2D eigenvalue weighted by Gasteiger charge is -2.36. The second-order valence-corrected chi connectivity index (χ2v) is 4.04. The molecule has 1 unspecified atom stereocenters. The number of hydrogen-bond acceptors (Lipinski definition) is 3. The minimum atomic E-state index is 0.280. The maximum absolute atomic E-state index is 5.93. The number of aryl methyl sites for hydroxylation is 1. The summed E-state index contributed by atoms with van der Waals surface area (Å²) in [7, 11) is 0. The summed E-state index contributed by atoms with van der Waals surface area (Å²) in [4.78, 5) is 6.49. The first-order valence-corrected chi connectivity index (χ1v) is 5.67. The van der Waals surface area contributed by atoms with Crippen LogP contribution >= 0.6 is 11.6 Å². The SMILES string of the molecule is Cc1cc(N2CCOCC2CCl)ccn1. The number of rotatable bonds is 2. The average molecular weight is 227 g/mol. The van der Waals surface area contributed by atoms with Crippen LogP contribution in [0.2, 0.25) is 0 Å². The first kappa shape index (κ1) is 10.7. The van der Waals surface area contributed by atoms with Crippen molar-refractivity contribution in [2.75, 3.05) is 30.5 Å². The van der Waals surface area contributed by atoms with Crippen LogP contribution in [0.15, 0.2) is 18.3 Å². The van der Waals surface area contributed by atoms with Gasteiger partial charge in [-0.1, -0.05) is 0 Å². The molecule has 1 fully saturated rings. The highest BCUT2D eigenvalue weighted by molar-refractivity contribution is 6.18. The highest BCUT2D eigenvalue weighted by atomic mass is 35.5. The largest absolute Gasteiger partial charge is 0.377 e. The Morgan fingerprint density at radius 3 is 3.27 bits per heavy atom. The van der Waals surface area contributed by atoms with Gasteiger partial charge in [-0.15, -0.1) is 11.6 Å². The van der Waals surface area contributed by atoms with Crippen molar-refractivity contribution in [2.45, 2.75) is 13.0 Å². The third kappa shape index (κ3) is 2.41. The fraction of sp³-hybridized carbons (Fsp3) is 0.545. The average Bonchev–Trinajstić information content (AvgIpc) is 2.29. The molecular weight excluding hydrogens is 212 g/mol. The normalized spacial score (nSPS) is 21.7.